The minimum absolute atomic E-state index is 0.00557. The van der Waals surface area contributed by atoms with Crippen molar-refractivity contribution in [2.75, 3.05) is 5.32 Å². The van der Waals surface area contributed by atoms with Gasteiger partial charge in [-0.05, 0) is 24.5 Å². The number of rotatable bonds is 4. The van der Waals surface area contributed by atoms with E-state index in [1.807, 2.05) is 0 Å². The SMILES string of the molecule is O=C(CCC1CCCCC1)Nc1ccc(F)nc1. The van der Waals surface area contributed by atoms with Gasteiger partial charge in [0.15, 0.2) is 0 Å². The van der Waals surface area contributed by atoms with Crippen molar-refractivity contribution >= 4 is 11.6 Å². The molecule has 98 valence electrons. The lowest BCUT2D eigenvalue weighted by atomic mass is 9.86. The quantitative estimate of drug-likeness (QED) is 0.831. The Kier molecular flexibility index (Phi) is 4.67. The highest BCUT2D eigenvalue weighted by Gasteiger charge is 2.14. The molecule has 1 saturated carbocycles. The zero-order valence-corrected chi connectivity index (χ0v) is 10.5. The lowest BCUT2D eigenvalue weighted by Gasteiger charge is -2.20. The van der Waals surface area contributed by atoms with Crippen LogP contribution < -0.4 is 5.32 Å². The summed E-state index contributed by atoms with van der Waals surface area (Å²) in [6.07, 6.45) is 9.29. The van der Waals surface area contributed by atoms with Gasteiger partial charge in [-0.3, -0.25) is 4.79 Å². The average Bonchev–Trinajstić information content (AvgIpc) is 2.40. The van der Waals surface area contributed by atoms with Crippen LogP contribution in [0.3, 0.4) is 0 Å². The first kappa shape index (κ1) is 13.0. The summed E-state index contributed by atoms with van der Waals surface area (Å²) >= 11 is 0. The summed E-state index contributed by atoms with van der Waals surface area (Å²) in [4.78, 5) is 15.2. The summed E-state index contributed by atoms with van der Waals surface area (Å²) in [7, 11) is 0. The van der Waals surface area contributed by atoms with Crippen molar-refractivity contribution in [3.63, 3.8) is 0 Å². The summed E-state index contributed by atoms with van der Waals surface area (Å²) in [5.41, 5.74) is 0.560. The normalized spacial score (nSPS) is 16.5. The summed E-state index contributed by atoms with van der Waals surface area (Å²) < 4.78 is 12.6. The third kappa shape index (κ3) is 4.09. The third-order valence-corrected chi connectivity index (χ3v) is 3.52. The van der Waals surface area contributed by atoms with E-state index in [0.29, 0.717) is 18.0 Å². The summed E-state index contributed by atoms with van der Waals surface area (Å²) in [6, 6.07) is 2.78. The first-order valence-corrected chi connectivity index (χ1v) is 6.65. The first-order chi connectivity index (χ1) is 8.74. The molecule has 1 fully saturated rings. The van der Waals surface area contributed by atoms with E-state index in [-0.39, 0.29) is 5.91 Å². The van der Waals surface area contributed by atoms with Crippen LogP contribution in [0.15, 0.2) is 18.3 Å². The number of pyridine rings is 1. The number of carbonyl (C=O) groups is 1. The molecule has 0 aliphatic heterocycles. The minimum Gasteiger partial charge on any atom is -0.325 e. The van der Waals surface area contributed by atoms with Crippen LogP contribution in [0.1, 0.15) is 44.9 Å². The van der Waals surface area contributed by atoms with Crippen LogP contribution in [0.5, 0.6) is 0 Å². The Labute approximate surface area is 107 Å². The molecule has 0 unspecified atom stereocenters. The van der Waals surface area contributed by atoms with Crippen LogP contribution in [0.25, 0.3) is 0 Å². The fourth-order valence-electron chi connectivity index (χ4n) is 2.48. The van der Waals surface area contributed by atoms with Crippen LogP contribution >= 0.6 is 0 Å². The van der Waals surface area contributed by atoms with Crippen LogP contribution in [0.4, 0.5) is 10.1 Å². The smallest absolute Gasteiger partial charge is 0.224 e. The van der Waals surface area contributed by atoms with Gasteiger partial charge < -0.3 is 5.32 Å². The van der Waals surface area contributed by atoms with E-state index < -0.39 is 5.95 Å². The molecule has 0 atom stereocenters. The Morgan fingerprint density at radius 1 is 1.33 bits per heavy atom. The summed E-state index contributed by atoms with van der Waals surface area (Å²) in [5.74, 6) is 0.167. The van der Waals surface area contributed by atoms with E-state index in [2.05, 4.69) is 10.3 Å². The molecule has 1 aromatic heterocycles. The van der Waals surface area contributed by atoms with E-state index >= 15 is 0 Å². The second kappa shape index (κ2) is 6.47. The highest BCUT2D eigenvalue weighted by molar-refractivity contribution is 5.90. The number of halogens is 1. The first-order valence-electron chi connectivity index (χ1n) is 6.65. The molecule has 18 heavy (non-hydrogen) atoms. The van der Waals surface area contributed by atoms with Crippen molar-refractivity contribution in [1.29, 1.82) is 0 Å². The molecule has 1 aliphatic rings. The van der Waals surface area contributed by atoms with E-state index in [0.717, 1.165) is 6.42 Å². The fraction of sp³-hybridized carbons (Fsp3) is 0.571. The largest absolute Gasteiger partial charge is 0.325 e. The van der Waals surface area contributed by atoms with Crippen LogP contribution in [0, 0.1) is 11.9 Å². The standard InChI is InChI=1S/C14H19FN2O/c15-13-8-7-12(10-16-13)17-14(18)9-6-11-4-2-1-3-5-11/h7-8,10-11H,1-6,9H2,(H,17,18). The molecule has 1 amide bonds. The number of nitrogens with one attached hydrogen (secondary N) is 1. The molecule has 4 heteroatoms. The zero-order valence-electron chi connectivity index (χ0n) is 10.5. The topological polar surface area (TPSA) is 42.0 Å². The maximum Gasteiger partial charge on any atom is 0.224 e. The van der Waals surface area contributed by atoms with E-state index in [1.165, 1.54) is 50.4 Å². The van der Waals surface area contributed by atoms with Gasteiger partial charge in [-0.2, -0.15) is 4.39 Å². The van der Waals surface area contributed by atoms with Gasteiger partial charge >= 0.3 is 0 Å². The van der Waals surface area contributed by atoms with Gasteiger partial charge in [0, 0.05) is 6.42 Å². The molecular formula is C14H19FN2O. The van der Waals surface area contributed by atoms with Gasteiger partial charge in [0.2, 0.25) is 11.9 Å². The number of aromatic nitrogens is 1. The Morgan fingerprint density at radius 3 is 2.78 bits per heavy atom. The molecule has 0 bridgehead atoms. The molecule has 1 aromatic rings. The Hall–Kier alpha value is -1.45. The molecule has 2 rings (SSSR count). The second-order valence-corrected chi connectivity index (χ2v) is 4.96. The number of nitrogens with zero attached hydrogens (tertiary/aromatic N) is 1. The van der Waals surface area contributed by atoms with Crippen molar-refractivity contribution < 1.29 is 9.18 Å². The molecule has 3 nitrogen and oxygen atoms in total. The highest BCUT2D eigenvalue weighted by atomic mass is 19.1. The van der Waals surface area contributed by atoms with Gasteiger partial charge in [-0.15, -0.1) is 0 Å². The van der Waals surface area contributed by atoms with Gasteiger partial charge in [-0.1, -0.05) is 32.1 Å². The molecule has 0 aromatic carbocycles. The van der Waals surface area contributed by atoms with Crippen LogP contribution in [-0.2, 0) is 4.79 Å². The highest BCUT2D eigenvalue weighted by Crippen LogP contribution is 2.27. The summed E-state index contributed by atoms with van der Waals surface area (Å²) in [6.45, 7) is 0. The zero-order chi connectivity index (χ0) is 12.8. The minimum atomic E-state index is -0.532. The Balaban J connectivity index is 1.73. The van der Waals surface area contributed by atoms with Crippen molar-refractivity contribution in [2.24, 2.45) is 5.92 Å². The average molecular weight is 250 g/mol. The Bertz CT molecular complexity index is 385. The maximum atomic E-state index is 12.6. The molecule has 1 heterocycles. The second-order valence-electron chi connectivity index (χ2n) is 4.96. The van der Waals surface area contributed by atoms with Crippen molar-refractivity contribution in [2.45, 2.75) is 44.9 Å². The predicted molar refractivity (Wildman–Crippen MR) is 68.6 cm³/mol. The maximum absolute atomic E-state index is 12.6. The number of anilines is 1. The monoisotopic (exact) mass is 250 g/mol. The Morgan fingerprint density at radius 2 is 2.11 bits per heavy atom. The van der Waals surface area contributed by atoms with Crippen molar-refractivity contribution in [1.82, 2.24) is 4.98 Å². The third-order valence-electron chi connectivity index (χ3n) is 3.52. The molecule has 1 N–H and O–H groups in total. The van der Waals surface area contributed by atoms with Gasteiger partial charge in [0.1, 0.15) is 0 Å². The number of hydrogen-bond donors (Lipinski definition) is 1. The number of amides is 1. The summed E-state index contributed by atoms with van der Waals surface area (Å²) in [5, 5.41) is 2.74. The van der Waals surface area contributed by atoms with E-state index in [4.69, 9.17) is 0 Å². The molecule has 1 aliphatic carbocycles. The van der Waals surface area contributed by atoms with Crippen molar-refractivity contribution in [3.05, 3.63) is 24.3 Å². The van der Waals surface area contributed by atoms with Crippen molar-refractivity contribution in [3.8, 4) is 0 Å². The number of hydrogen-bond acceptors (Lipinski definition) is 2. The van der Waals surface area contributed by atoms with Crippen LogP contribution in [-0.4, -0.2) is 10.9 Å². The van der Waals surface area contributed by atoms with Gasteiger partial charge in [0.05, 0.1) is 11.9 Å². The molecular weight excluding hydrogens is 231 g/mol. The van der Waals surface area contributed by atoms with Gasteiger partial charge in [-0.25, -0.2) is 4.98 Å². The fourth-order valence-corrected chi connectivity index (χ4v) is 2.48. The molecule has 0 spiro atoms. The molecule has 0 saturated heterocycles. The molecule has 0 radical (unpaired) electrons. The lowest BCUT2D eigenvalue weighted by molar-refractivity contribution is -0.116. The van der Waals surface area contributed by atoms with Gasteiger partial charge in [0.25, 0.3) is 0 Å². The van der Waals surface area contributed by atoms with Crippen LogP contribution in [0.2, 0.25) is 0 Å². The lowest BCUT2D eigenvalue weighted by Crippen LogP contribution is -2.15. The van der Waals surface area contributed by atoms with E-state index in [9.17, 15) is 9.18 Å². The van der Waals surface area contributed by atoms with E-state index in [1.54, 1.807) is 0 Å². The number of carbonyl (C=O) groups excluding carboxylic acids is 1. The predicted octanol–water partition coefficient (Wildman–Crippen LogP) is 3.52.